The number of aromatic amines is 1. The van der Waals surface area contributed by atoms with Crippen molar-refractivity contribution >= 4 is 29.2 Å². The van der Waals surface area contributed by atoms with Gasteiger partial charge in [-0.05, 0) is 42.7 Å². The number of amides is 1. The van der Waals surface area contributed by atoms with Crippen LogP contribution >= 0.6 is 12.4 Å². The fourth-order valence-electron chi connectivity index (χ4n) is 3.95. The molecule has 1 aromatic carbocycles. The molecule has 3 rings (SSSR count). The molecule has 0 aliphatic carbocycles. The van der Waals surface area contributed by atoms with Gasteiger partial charge in [0.25, 0.3) is 0 Å². The van der Waals surface area contributed by atoms with E-state index in [2.05, 4.69) is 43.2 Å². The van der Waals surface area contributed by atoms with Gasteiger partial charge in [0.2, 0.25) is 5.91 Å². The van der Waals surface area contributed by atoms with Crippen LogP contribution in [0.15, 0.2) is 24.4 Å². The lowest BCUT2D eigenvalue weighted by atomic mass is 9.88. The highest BCUT2D eigenvalue weighted by Crippen LogP contribution is 2.34. The fraction of sp³-hybridized carbons (Fsp3) is 0.550. The van der Waals surface area contributed by atoms with E-state index in [0.717, 1.165) is 45.2 Å². The summed E-state index contributed by atoms with van der Waals surface area (Å²) in [5.74, 6) is 0.653. The number of hydrogen-bond donors (Lipinski definition) is 2. The van der Waals surface area contributed by atoms with Crippen molar-refractivity contribution in [3.8, 4) is 0 Å². The third kappa shape index (κ3) is 4.01. The normalized spacial score (nSPS) is 16.7. The highest BCUT2D eigenvalue weighted by atomic mass is 35.5. The van der Waals surface area contributed by atoms with E-state index in [1.807, 2.05) is 4.90 Å². The van der Waals surface area contributed by atoms with E-state index in [1.165, 1.54) is 22.0 Å². The van der Waals surface area contributed by atoms with Gasteiger partial charge in [-0.25, -0.2) is 0 Å². The molecule has 5 heteroatoms. The Morgan fingerprint density at radius 2 is 2.04 bits per heavy atom. The Kier molecular flexibility index (Phi) is 6.91. The van der Waals surface area contributed by atoms with Crippen LogP contribution in [0.25, 0.3) is 10.9 Å². The number of aryl methyl sites for hydroxylation is 1. The topological polar surface area (TPSA) is 62.1 Å². The van der Waals surface area contributed by atoms with Crippen LogP contribution in [0.3, 0.4) is 0 Å². The molecule has 1 aliphatic heterocycles. The Labute approximate surface area is 156 Å². The lowest BCUT2D eigenvalue weighted by Crippen LogP contribution is -2.46. The summed E-state index contributed by atoms with van der Waals surface area (Å²) in [6.45, 7) is 5.90. The molecule has 25 heavy (non-hydrogen) atoms. The second kappa shape index (κ2) is 8.72. The zero-order valence-corrected chi connectivity index (χ0v) is 16.1. The lowest BCUT2D eigenvalue weighted by Gasteiger charge is -2.33. The van der Waals surface area contributed by atoms with Gasteiger partial charge in [0.1, 0.15) is 0 Å². The van der Waals surface area contributed by atoms with Crippen molar-refractivity contribution in [2.45, 2.75) is 57.9 Å². The number of H-pyrrole nitrogens is 1. The van der Waals surface area contributed by atoms with Crippen molar-refractivity contribution in [3.63, 3.8) is 0 Å². The van der Waals surface area contributed by atoms with Crippen LogP contribution in [0.4, 0.5) is 0 Å². The molecule has 1 unspecified atom stereocenters. The number of nitrogens with one attached hydrogen (secondary N) is 1. The van der Waals surface area contributed by atoms with Crippen LogP contribution < -0.4 is 5.73 Å². The number of likely N-dealkylation sites (tertiary alicyclic amines) is 1. The lowest BCUT2D eigenvalue weighted by molar-refractivity contribution is -0.133. The molecular weight excluding hydrogens is 334 g/mol. The van der Waals surface area contributed by atoms with Crippen LogP contribution in [0.5, 0.6) is 0 Å². The number of carbonyl (C=O) groups excluding carboxylic acids is 1. The maximum absolute atomic E-state index is 12.4. The molecule has 3 N–H and O–H groups in total. The standard InChI is InChI=1S/C20H29N3O.ClH/c1-3-6-18(21)20(24)23-11-9-15(10-12-23)17-13-22-19-14(4-2)7-5-8-16(17)19;/h5,7-8,13,15,18,22H,3-4,6,9-12,21H2,1-2H3;1H. The molecular formula is C20H30ClN3O. The van der Waals surface area contributed by atoms with Crippen molar-refractivity contribution < 1.29 is 4.79 Å². The van der Waals surface area contributed by atoms with Gasteiger partial charge in [-0.1, -0.05) is 38.5 Å². The van der Waals surface area contributed by atoms with Crippen molar-refractivity contribution in [1.29, 1.82) is 0 Å². The van der Waals surface area contributed by atoms with Gasteiger partial charge < -0.3 is 15.6 Å². The first-order chi connectivity index (χ1) is 11.7. The van der Waals surface area contributed by atoms with Gasteiger partial charge >= 0.3 is 0 Å². The number of nitrogens with two attached hydrogens (primary N) is 1. The minimum absolute atomic E-state index is 0. The first-order valence-corrected chi connectivity index (χ1v) is 9.28. The van der Waals surface area contributed by atoms with E-state index < -0.39 is 0 Å². The van der Waals surface area contributed by atoms with Gasteiger partial charge in [0.15, 0.2) is 0 Å². The Hall–Kier alpha value is -1.52. The highest BCUT2D eigenvalue weighted by Gasteiger charge is 2.27. The number of aromatic nitrogens is 1. The molecule has 1 fully saturated rings. The number of carbonyl (C=O) groups is 1. The minimum Gasteiger partial charge on any atom is -0.361 e. The van der Waals surface area contributed by atoms with Gasteiger partial charge in [-0.2, -0.15) is 0 Å². The molecule has 2 aromatic rings. The predicted octanol–water partition coefficient (Wildman–Crippen LogP) is 3.99. The van der Waals surface area contributed by atoms with E-state index >= 15 is 0 Å². The number of benzene rings is 1. The summed E-state index contributed by atoms with van der Waals surface area (Å²) in [6.07, 6.45) is 7.00. The first kappa shape index (κ1) is 19.8. The van der Waals surface area contributed by atoms with E-state index in [9.17, 15) is 4.79 Å². The largest absolute Gasteiger partial charge is 0.361 e. The Balaban J connectivity index is 0.00000225. The van der Waals surface area contributed by atoms with Crippen molar-refractivity contribution in [2.75, 3.05) is 13.1 Å². The van der Waals surface area contributed by atoms with Crippen LogP contribution in [-0.4, -0.2) is 34.9 Å². The van der Waals surface area contributed by atoms with Gasteiger partial charge in [0, 0.05) is 30.2 Å². The average Bonchev–Trinajstić information content (AvgIpc) is 3.05. The zero-order valence-electron chi connectivity index (χ0n) is 15.3. The van der Waals surface area contributed by atoms with E-state index in [1.54, 1.807) is 0 Å². The first-order valence-electron chi connectivity index (χ1n) is 9.28. The number of fused-ring (bicyclic) bond motifs is 1. The maximum atomic E-state index is 12.4. The molecule has 1 aromatic heterocycles. The monoisotopic (exact) mass is 363 g/mol. The van der Waals surface area contributed by atoms with Gasteiger partial charge in [-0.3, -0.25) is 4.79 Å². The summed E-state index contributed by atoms with van der Waals surface area (Å²) in [5, 5.41) is 1.35. The zero-order chi connectivity index (χ0) is 17.1. The number of piperidine rings is 1. The molecule has 0 spiro atoms. The molecule has 0 saturated carbocycles. The van der Waals surface area contributed by atoms with E-state index in [4.69, 9.17) is 5.73 Å². The molecule has 138 valence electrons. The Bertz CT molecular complexity index is 704. The summed E-state index contributed by atoms with van der Waals surface area (Å²) >= 11 is 0. The third-order valence-corrected chi connectivity index (χ3v) is 5.38. The summed E-state index contributed by atoms with van der Waals surface area (Å²) in [5.41, 5.74) is 10.1. The molecule has 1 aliphatic rings. The van der Waals surface area contributed by atoms with Gasteiger partial charge in [0.05, 0.1) is 6.04 Å². The SMILES string of the molecule is CCCC(N)C(=O)N1CCC(c2c[nH]c3c(CC)cccc23)CC1.Cl. The molecule has 0 bridgehead atoms. The second-order valence-electron chi connectivity index (χ2n) is 6.93. The summed E-state index contributed by atoms with van der Waals surface area (Å²) in [4.78, 5) is 17.8. The average molecular weight is 364 g/mol. The molecule has 4 nitrogen and oxygen atoms in total. The third-order valence-electron chi connectivity index (χ3n) is 5.38. The van der Waals surface area contributed by atoms with Crippen molar-refractivity contribution in [1.82, 2.24) is 9.88 Å². The molecule has 1 amide bonds. The number of halogens is 1. The fourth-order valence-corrected chi connectivity index (χ4v) is 3.95. The summed E-state index contributed by atoms with van der Waals surface area (Å²) in [6, 6.07) is 6.24. The number of rotatable bonds is 5. The molecule has 1 saturated heterocycles. The molecule has 2 heterocycles. The number of nitrogens with zero attached hydrogens (tertiary/aromatic N) is 1. The second-order valence-corrected chi connectivity index (χ2v) is 6.93. The number of para-hydroxylation sites is 1. The Morgan fingerprint density at radius 1 is 1.32 bits per heavy atom. The number of hydrogen-bond acceptors (Lipinski definition) is 2. The van der Waals surface area contributed by atoms with Gasteiger partial charge in [-0.15, -0.1) is 12.4 Å². The van der Waals surface area contributed by atoms with Crippen molar-refractivity contribution in [3.05, 3.63) is 35.5 Å². The molecule has 1 atom stereocenters. The summed E-state index contributed by atoms with van der Waals surface area (Å²) in [7, 11) is 0. The van der Waals surface area contributed by atoms with Crippen molar-refractivity contribution in [2.24, 2.45) is 5.73 Å². The van der Waals surface area contributed by atoms with Crippen LogP contribution in [0, 0.1) is 0 Å². The molecule has 0 radical (unpaired) electrons. The quantitative estimate of drug-likeness (QED) is 0.843. The van der Waals surface area contributed by atoms with Crippen LogP contribution in [0.2, 0.25) is 0 Å². The smallest absolute Gasteiger partial charge is 0.239 e. The predicted molar refractivity (Wildman–Crippen MR) is 106 cm³/mol. The maximum Gasteiger partial charge on any atom is 0.239 e. The Morgan fingerprint density at radius 3 is 2.68 bits per heavy atom. The summed E-state index contributed by atoms with van der Waals surface area (Å²) < 4.78 is 0. The highest BCUT2D eigenvalue weighted by molar-refractivity contribution is 5.87. The van der Waals surface area contributed by atoms with E-state index in [-0.39, 0.29) is 24.4 Å². The minimum atomic E-state index is -0.327. The van der Waals surface area contributed by atoms with Crippen LogP contribution in [0.1, 0.15) is 56.6 Å². The van der Waals surface area contributed by atoms with E-state index in [0.29, 0.717) is 5.92 Å². The van der Waals surface area contributed by atoms with Crippen LogP contribution in [-0.2, 0) is 11.2 Å².